The summed E-state index contributed by atoms with van der Waals surface area (Å²) in [6.45, 7) is 2.36. The van der Waals surface area contributed by atoms with Crippen LogP contribution in [0.2, 0.25) is 0 Å². The highest BCUT2D eigenvalue weighted by molar-refractivity contribution is 9.10. The molecule has 1 aromatic rings. The van der Waals surface area contributed by atoms with Crippen molar-refractivity contribution < 1.29 is 5.11 Å². The van der Waals surface area contributed by atoms with Gasteiger partial charge in [0.25, 0.3) is 0 Å². The third-order valence-corrected chi connectivity index (χ3v) is 3.09. The summed E-state index contributed by atoms with van der Waals surface area (Å²) in [6, 6.07) is 0. The molecule has 1 unspecified atom stereocenters. The van der Waals surface area contributed by atoms with Gasteiger partial charge in [0.05, 0.1) is 10.1 Å². The Labute approximate surface area is 97.3 Å². The fourth-order valence-corrected chi connectivity index (χ4v) is 1.72. The van der Waals surface area contributed by atoms with E-state index in [0.29, 0.717) is 18.4 Å². The molecule has 1 saturated carbocycles. The van der Waals surface area contributed by atoms with Crippen molar-refractivity contribution >= 4 is 21.9 Å². The normalized spacial score (nSPS) is 19.7. The molecule has 82 valence electrons. The van der Waals surface area contributed by atoms with Gasteiger partial charge in [-0.1, -0.05) is 0 Å². The number of aromatic nitrogens is 2. The third-order valence-electron chi connectivity index (χ3n) is 2.68. The Balaban J connectivity index is 1.89. The van der Waals surface area contributed by atoms with Crippen LogP contribution in [0.15, 0.2) is 16.9 Å². The average molecular weight is 272 g/mol. The quantitative estimate of drug-likeness (QED) is 0.877. The van der Waals surface area contributed by atoms with Gasteiger partial charge < -0.3 is 10.4 Å². The molecule has 0 aromatic carbocycles. The van der Waals surface area contributed by atoms with Crippen LogP contribution in [0.5, 0.6) is 0 Å². The molecule has 1 aliphatic rings. The summed E-state index contributed by atoms with van der Waals surface area (Å²) >= 11 is 3.27. The maximum atomic E-state index is 10.0. The van der Waals surface area contributed by atoms with Crippen LogP contribution in [-0.2, 0) is 0 Å². The predicted molar refractivity (Wildman–Crippen MR) is 61.6 cm³/mol. The summed E-state index contributed by atoms with van der Waals surface area (Å²) < 4.78 is 0.849. The molecule has 15 heavy (non-hydrogen) atoms. The highest BCUT2D eigenvalue weighted by Crippen LogP contribution is 2.39. The van der Waals surface area contributed by atoms with E-state index in [0.717, 1.165) is 17.3 Å². The first kappa shape index (κ1) is 10.8. The van der Waals surface area contributed by atoms with Gasteiger partial charge in [-0.2, -0.15) is 0 Å². The first-order valence-corrected chi connectivity index (χ1v) is 5.81. The molecule has 1 atom stereocenters. The second-order valence-corrected chi connectivity index (χ2v) is 5.13. The maximum absolute atomic E-state index is 10.0. The standard InChI is InChI=1S/C10H14BrN3O/c1-10(15,7-2-3-7)6-14-9-12-4-8(11)5-13-9/h4-5,7,15H,2-3,6H2,1H3,(H,12,13,14). The molecule has 1 heterocycles. The Kier molecular flexibility index (Phi) is 2.93. The number of nitrogens with zero attached hydrogens (tertiary/aromatic N) is 2. The van der Waals surface area contributed by atoms with Crippen LogP contribution >= 0.6 is 15.9 Å². The highest BCUT2D eigenvalue weighted by atomic mass is 79.9. The van der Waals surface area contributed by atoms with Gasteiger partial charge in [0.1, 0.15) is 0 Å². The fraction of sp³-hybridized carbons (Fsp3) is 0.600. The van der Waals surface area contributed by atoms with Crippen molar-refractivity contribution in [2.45, 2.75) is 25.4 Å². The van der Waals surface area contributed by atoms with Crippen molar-refractivity contribution in [3.63, 3.8) is 0 Å². The summed E-state index contributed by atoms with van der Waals surface area (Å²) in [5, 5.41) is 13.1. The SMILES string of the molecule is CC(O)(CNc1ncc(Br)cn1)C1CC1. The predicted octanol–water partition coefficient (Wildman–Crippen LogP) is 1.81. The molecule has 0 aliphatic heterocycles. The van der Waals surface area contributed by atoms with Gasteiger partial charge in [-0.15, -0.1) is 0 Å². The van der Waals surface area contributed by atoms with Gasteiger partial charge in [0, 0.05) is 18.9 Å². The molecule has 0 bridgehead atoms. The van der Waals surface area contributed by atoms with Crippen LogP contribution in [0.3, 0.4) is 0 Å². The van der Waals surface area contributed by atoms with Gasteiger partial charge in [-0.25, -0.2) is 9.97 Å². The zero-order chi connectivity index (χ0) is 10.9. The van der Waals surface area contributed by atoms with Gasteiger partial charge >= 0.3 is 0 Å². The highest BCUT2D eigenvalue weighted by Gasteiger charge is 2.39. The Hall–Kier alpha value is -0.680. The first-order valence-electron chi connectivity index (χ1n) is 5.02. The lowest BCUT2D eigenvalue weighted by Crippen LogP contribution is -2.36. The second kappa shape index (κ2) is 4.06. The lowest BCUT2D eigenvalue weighted by Gasteiger charge is -2.23. The number of halogens is 1. The van der Waals surface area contributed by atoms with Crippen molar-refractivity contribution in [3.05, 3.63) is 16.9 Å². The van der Waals surface area contributed by atoms with Crippen molar-refractivity contribution in [2.75, 3.05) is 11.9 Å². The summed E-state index contributed by atoms with van der Waals surface area (Å²) in [7, 11) is 0. The largest absolute Gasteiger partial charge is 0.388 e. The molecular formula is C10H14BrN3O. The zero-order valence-corrected chi connectivity index (χ0v) is 10.2. The van der Waals surface area contributed by atoms with Gasteiger partial charge in [0.15, 0.2) is 0 Å². The second-order valence-electron chi connectivity index (χ2n) is 4.21. The van der Waals surface area contributed by atoms with Crippen LogP contribution in [0.4, 0.5) is 5.95 Å². The topological polar surface area (TPSA) is 58.0 Å². The molecule has 0 saturated heterocycles. The van der Waals surface area contributed by atoms with E-state index >= 15 is 0 Å². The minimum absolute atomic E-state index is 0.431. The summed E-state index contributed by atoms with van der Waals surface area (Å²) in [5.74, 6) is 0.986. The van der Waals surface area contributed by atoms with Crippen LogP contribution < -0.4 is 5.32 Å². The first-order chi connectivity index (χ1) is 7.08. The van der Waals surface area contributed by atoms with E-state index in [2.05, 4.69) is 31.2 Å². The number of hydrogen-bond acceptors (Lipinski definition) is 4. The Morgan fingerprint density at radius 2 is 2.13 bits per heavy atom. The molecule has 0 radical (unpaired) electrons. The Morgan fingerprint density at radius 3 is 2.67 bits per heavy atom. The fourth-order valence-electron chi connectivity index (χ4n) is 1.51. The molecule has 1 aliphatic carbocycles. The van der Waals surface area contributed by atoms with E-state index in [1.165, 1.54) is 0 Å². The summed E-state index contributed by atoms with van der Waals surface area (Å²) in [5.41, 5.74) is -0.642. The van der Waals surface area contributed by atoms with Crippen molar-refractivity contribution in [2.24, 2.45) is 5.92 Å². The lowest BCUT2D eigenvalue weighted by atomic mass is 10.0. The zero-order valence-electron chi connectivity index (χ0n) is 8.57. The Bertz CT molecular complexity index is 335. The van der Waals surface area contributed by atoms with Crippen molar-refractivity contribution in [3.8, 4) is 0 Å². The van der Waals surface area contributed by atoms with E-state index in [9.17, 15) is 5.11 Å². The molecule has 2 rings (SSSR count). The summed E-state index contributed by atoms with van der Waals surface area (Å²) in [4.78, 5) is 8.16. The van der Waals surface area contributed by atoms with Gasteiger partial charge in [-0.3, -0.25) is 0 Å². The monoisotopic (exact) mass is 271 g/mol. The lowest BCUT2D eigenvalue weighted by molar-refractivity contribution is 0.0501. The number of aliphatic hydroxyl groups is 1. The minimum Gasteiger partial charge on any atom is -0.388 e. The van der Waals surface area contributed by atoms with Crippen molar-refractivity contribution in [1.82, 2.24) is 9.97 Å². The van der Waals surface area contributed by atoms with Crippen molar-refractivity contribution in [1.29, 1.82) is 0 Å². The van der Waals surface area contributed by atoms with E-state index < -0.39 is 5.60 Å². The number of anilines is 1. The average Bonchev–Trinajstić information content (AvgIpc) is 3.00. The van der Waals surface area contributed by atoms with Crippen LogP contribution in [0.25, 0.3) is 0 Å². The van der Waals surface area contributed by atoms with Gasteiger partial charge in [-0.05, 0) is 41.6 Å². The smallest absolute Gasteiger partial charge is 0.222 e. The van der Waals surface area contributed by atoms with E-state index in [-0.39, 0.29) is 0 Å². The number of rotatable bonds is 4. The molecule has 0 amide bonds. The van der Waals surface area contributed by atoms with E-state index in [1.807, 2.05) is 6.92 Å². The molecule has 4 nitrogen and oxygen atoms in total. The third kappa shape index (κ3) is 2.89. The molecule has 1 fully saturated rings. The minimum atomic E-state index is -0.642. The molecule has 2 N–H and O–H groups in total. The number of hydrogen-bond donors (Lipinski definition) is 2. The van der Waals surface area contributed by atoms with Crippen LogP contribution in [-0.4, -0.2) is 27.2 Å². The van der Waals surface area contributed by atoms with E-state index in [1.54, 1.807) is 12.4 Å². The van der Waals surface area contributed by atoms with Gasteiger partial charge in [0.2, 0.25) is 5.95 Å². The molecule has 5 heteroatoms. The molecule has 1 aromatic heterocycles. The van der Waals surface area contributed by atoms with Crippen LogP contribution in [0, 0.1) is 5.92 Å². The van der Waals surface area contributed by atoms with Crippen LogP contribution in [0.1, 0.15) is 19.8 Å². The summed E-state index contributed by atoms with van der Waals surface area (Å²) in [6.07, 6.45) is 5.61. The van der Waals surface area contributed by atoms with E-state index in [4.69, 9.17) is 0 Å². The number of nitrogens with one attached hydrogen (secondary N) is 1. The molecular weight excluding hydrogens is 258 g/mol. The maximum Gasteiger partial charge on any atom is 0.222 e. The Morgan fingerprint density at radius 1 is 1.53 bits per heavy atom. The molecule has 0 spiro atoms.